The van der Waals surface area contributed by atoms with E-state index in [2.05, 4.69) is 425 Å². The molecule has 0 saturated heterocycles. The fraction of sp³-hybridized carbons (Fsp3) is 0. The van der Waals surface area contributed by atoms with Crippen molar-refractivity contribution >= 4 is 71.7 Å². The minimum Gasteiger partial charge on any atom is -0.310 e. The Morgan fingerprint density at radius 2 is 0.528 bits per heavy atom. The van der Waals surface area contributed by atoms with E-state index in [4.69, 9.17) is 9.97 Å². The quantitative estimate of drug-likeness (QED) is 0.109. The van der Waals surface area contributed by atoms with Gasteiger partial charge < -0.3 is 9.47 Å². The first-order valence-corrected chi connectivity index (χ1v) is 36.8. The predicted octanol–water partition coefficient (Wildman–Crippen LogP) is 27.1. The summed E-state index contributed by atoms with van der Waals surface area (Å²) < 4.78 is 6.86. The van der Waals surface area contributed by atoms with E-state index in [1.54, 1.807) is 0 Å². The van der Waals surface area contributed by atoms with Crippen molar-refractivity contribution in [2.24, 2.45) is 0 Å². The molecule has 0 bridgehead atoms. The number of para-hydroxylation sites is 9. The molecule has 3 heterocycles. The lowest BCUT2D eigenvalue weighted by molar-refractivity contribution is 1.10. The van der Waals surface area contributed by atoms with Gasteiger partial charge in [-0.3, -0.25) is 9.13 Å². The molecule has 0 saturated carbocycles. The highest BCUT2D eigenvalue weighted by Crippen LogP contribution is 2.44. The number of aromatic nitrogens is 5. The van der Waals surface area contributed by atoms with Gasteiger partial charge in [-0.1, -0.05) is 315 Å². The van der Waals surface area contributed by atoms with Crippen molar-refractivity contribution in [3.05, 3.63) is 425 Å². The number of hydrogen-bond donors (Lipinski definition) is 0. The lowest BCUT2D eigenvalue weighted by atomic mass is 9.89. The van der Waals surface area contributed by atoms with Crippen molar-refractivity contribution < 1.29 is 0 Å². The average Bonchev–Trinajstić information content (AvgIpc) is 1.54. The smallest absolute Gasteiger partial charge is 0.145 e. The van der Waals surface area contributed by atoms with Crippen LogP contribution in [0.3, 0.4) is 0 Å². The van der Waals surface area contributed by atoms with Crippen molar-refractivity contribution in [2.45, 2.75) is 0 Å². The number of fused-ring (bicyclic) bond motifs is 6. The summed E-state index contributed by atoms with van der Waals surface area (Å²) in [5, 5.41) is 4.95. The van der Waals surface area contributed by atoms with Gasteiger partial charge in [0.05, 0.1) is 38.8 Å². The fourth-order valence-corrected chi connectivity index (χ4v) is 15.6. The molecule has 508 valence electrons. The highest BCUT2D eigenvalue weighted by Gasteiger charge is 2.21. The monoisotopic (exact) mass is 1380 g/mol. The number of anilines is 3. The third kappa shape index (κ3) is 12.1. The van der Waals surface area contributed by atoms with Crippen molar-refractivity contribution in [1.29, 1.82) is 0 Å². The zero-order valence-electron chi connectivity index (χ0n) is 59.1. The standard InChI is InChI=1S/C53H37N3.C49H33N3/c1-3-14-46(15-4-1)55(51-21-11-13-44-12-7-8-18-49(44)51)48-36-34-43(35-37-48)41-28-26-39(27-29-41)38-22-24-40(25-23-38)42-30-32-45(33-31-42)53-54-50-19-9-10-20-52(50)56(53)47-16-5-2-6-17-47;1-3-15-37(16-4-1)51-46-25-13-11-23-43(46)44-33-36(31-32-47(44)51)40-20-8-10-22-42(40)41-21-9-7-19-39(41)34-27-29-35(30-28-34)49-50-45-24-12-14-26-48(45)52(49)38-17-5-2-6-18-38/h1-37H;1-33H. The van der Waals surface area contributed by atoms with Crippen LogP contribution in [0.2, 0.25) is 0 Å². The molecule has 0 aliphatic carbocycles. The first kappa shape index (κ1) is 64.4. The maximum absolute atomic E-state index is 5.09. The second kappa shape index (κ2) is 28.3. The van der Waals surface area contributed by atoms with Gasteiger partial charge in [-0.05, 0) is 181 Å². The Kier molecular flexibility index (Phi) is 16.9. The maximum atomic E-state index is 5.09. The molecular formula is C102H70N6. The molecule has 17 aromatic carbocycles. The van der Waals surface area contributed by atoms with E-state index >= 15 is 0 Å². The Labute approximate surface area is 627 Å². The van der Waals surface area contributed by atoms with Crippen LogP contribution in [0.4, 0.5) is 17.1 Å². The zero-order chi connectivity index (χ0) is 71.7. The van der Waals surface area contributed by atoms with E-state index in [1.165, 1.54) is 99.5 Å². The molecule has 0 amide bonds. The third-order valence-electron chi connectivity index (χ3n) is 20.8. The summed E-state index contributed by atoms with van der Waals surface area (Å²) in [4.78, 5) is 12.5. The highest BCUT2D eigenvalue weighted by molar-refractivity contribution is 6.11. The number of nitrogens with zero attached hydrogens (tertiary/aromatic N) is 6. The molecule has 0 fully saturated rings. The minimum atomic E-state index is 0.932. The Morgan fingerprint density at radius 1 is 0.194 bits per heavy atom. The SMILES string of the molecule is c1ccc(-n2c(-c3ccc(-c4ccccc4-c4ccccc4-c4ccc5c(c4)c4ccccc4n5-c4ccccc4)cc3)nc3ccccc32)cc1.c1ccc(N(c2ccc(-c3ccc(-c4ccc(-c5ccc(-c6nc7ccccc7n6-c6ccccc6)cc5)cc4)cc3)cc2)c2cccc3ccccc23)cc1. The second-order valence-electron chi connectivity index (χ2n) is 27.2. The predicted molar refractivity (Wildman–Crippen MR) is 452 cm³/mol. The topological polar surface area (TPSA) is 43.8 Å². The molecule has 0 aliphatic rings. The largest absolute Gasteiger partial charge is 0.310 e. The number of imidazole rings is 2. The molecule has 6 heteroatoms. The van der Waals surface area contributed by atoms with Gasteiger partial charge >= 0.3 is 0 Å². The molecule has 0 unspecified atom stereocenters. The van der Waals surface area contributed by atoms with Gasteiger partial charge in [0.2, 0.25) is 0 Å². The Balaban J connectivity index is 0.000000147. The summed E-state index contributed by atoms with van der Waals surface area (Å²) >= 11 is 0. The normalized spacial score (nSPS) is 11.3. The van der Waals surface area contributed by atoms with E-state index in [-0.39, 0.29) is 0 Å². The Morgan fingerprint density at radius 3 is 1.03 bits per heavy atom. The summed E-state index contributed by atoms with van der Waals surface area (Å²) in [7, 11) is 0. The van der Waals surface area contributed by atoms with Crippen LogP contribution in [0.25, 0.3) is 161 Å². The van der Waals surface area contributed by atoms with Crippen LogP contribution < -0.4 is 4.90 Å². The van der Waals surface area contributed by atoms with E-state index < -0.39 is 0 Å². The molecule has 20 aromatic rings. The van der Waals surface area contributed by atoms with Crippen molar-refractivity contribution in [1.82, 2.24) is 23.7 Å². The van der Waals surface area contributed by atoms with E-state index in [0.717, 1.165) is 78.8 Å². The van der Waals surface area contributed by atoms with Gasteiger partial charge in [0.15, 0.2) is 0 Å². The maximum Gasteiger partial charge on any atom is 0.145 e. The second-order valence-corrected chi connectivity index (χ2v) is 27.2. The van der Waals surface area contributed by atoms with Crippen LogP contribution in [0.1, 0.15) is 0 Å². The number of rotatable bonds is 14. The van der Waals surface area contributed by atoms with Gasteiger partial charge in [0.1, 0.15) is 11.6 Å². The molecule has 0 N–H and O–H groups in total. The highest BCUT2D eigenvalue weighted by atomic mass is 15.1. The van der Waals surface area contributed by atoms with Crippen LogP contribution in [0.15, 0.2) is 425 Å². The Hall–Kier alpha value is -14.5. The molecule has 0 atom stereocenters. The molecule has 0 aliphatic heterocycles. The molecule has 108 heavy (non-hydrogen) atoms. The fourth-order valence-electron chi connectivity index (χ4n) is 15.6. The van der Waals surface area contributed by atoms with Crippen LogP contribution in [-0.2, 0) is 0 Å². The number of hydrogen-bond acceptors (Lipinski definition) is 3. The zero-order valence-corrected chi connectivity index (χ0v) is 59.1. The van der Waals surface area contributed by atoms with Gasteiger partial charge in [0.25, 0.3) is 0 Å². The van der Waals surface area contributed by atoms with E-state index in [1.807, 2.05) is 18.2 Å². The number of benzene rings is 17. The Bertz CT molecular complexity index is 6600. The van der Waals surface area contributed by atoms with Gasteiger partial charge in [-0.2, -0.15) is 0 Å². The molecule has 20 rings (SSSR count). The molecular weight excluding hydrogens is 1310 g/mol. The minimum absolute atomic E-state index is 0.932. The molecule has 0 spiro atoms. The van der Waals surface area contributed by atoms with E-state index in [0.29, 0.717) is 0 Å². The lowest BCUT2D eigenvalue weighted by Crippen LogP contribution is -2.10. The lowest BCUT2D eigenvalue weighted by Gasteiger charge is -2.27. The first-order valence-electron chi connectivity index (χ1n) is 36.8. The first-order chi connectivity index (χ1) is 53.6. The van der Waals surface area contributed by atoms with Crippen LogP contribution in [-0.4, -0.2) is 23.7 Å². The van der Waals surface area contributed by atoms with Crippen molar-refractivity contribution in [3.63, 3.8) is 0 Å². The van der Waals surface area contributed by atoms with Gasteiger partial charge in [-0.25, -0.2) is 9.97 Å². The van der Waals surface area contributed by atoms with Crippen molar-refractivity contribution in [3.8, 4) is 107 Å². The summed E-state index contributed by atoms with van der Waals surface area (Å²) in [6.45, 7) is 0. The van der Waals surface area contributed by atoms with Gasteiger partial charge in [-0.15, -0.1) is 0 Å². The summed E-state index contributed by atoms with van der Waals surface area (Å²) in [5.41, 5.74) is 29.8. The van der Waals surface area contributed by atoms with Crippen molar-refractivity contribution in [2.75, 3.05) is 4.90 Å². The van der Waals surface area contributed by atoms with Crippen LogP contribution in [0.5, 0.6) is 0 Å². The average molecular weight is 1380 g/mol. The summed E-state index contributed by atoms with van der Waals surface area (Å²) in [6.07, 6.45) is 0. The summed E-state index contributed by atoms with van der Waals surface area (Å²) in [5.74, 6) is 1.87. The summed E-state index contributed by atoms with van der Waals surface area (Å²) in [6, 6.07) is 151. The molecule has 0 radical (unpaired) electrons. The van der Waals surface area contributed by atoms with Crippen LogP contribution >= 0.6 is 0 Å². The van der Waals surface area contributed by atoms with E-state index in [9.17, 15) is 0 Å². The van der Waals surface area contributed by atoms with Gasteiger partial charge in [0, 0.05) is 55.7 Å². The van der Waals surface area contributed by atoms with Crippen LogP contribution in [0, 0.1) is 0 Å². The third-order valence-corrected chi connectivity index (χ3v) is 20.8. The molecule has 3 aromatic heterocycles. The molecule has 6 nitrogen and oxygen atoms in total.